The Hall–Kier alpha value is -1.18. The smallest absolute Gasteiger partial charge is 0.238 e. The van der Waals surface area contributed by atoms with Gasteiger partial charge in [-0.3, -0.25) is 0 Å². The normalized spacial score (nSPS) is 11.2. The van der Waals surface area contributed by atoms with Crippen LogP contribution in [0.15, 0.2) is 35.7 Å². The van der Waals surface area contributed by atoms with Crippen molar-refractivity contribution in [3.63, 3.8) is 0 Å². The van der Waals surface area contributed by atoms with Crippen LogP contribution < -0.4 is 16.2 Å². The molecule has 0 saturated heterocycles. The van der Waals surface area contributed by atoms with Crippen LogP contribution in [0.2, 0.25) is 0 Å². The van der Waals surface area contributed by atoms with Gasteiger partial charge in [0.1, 0.15) is 0 Å². The number of rotatable bonds is 7. The highest BCUT2D eigenvalue weighted by Gasteiger charge is 2.09. The van der Waals surface area contributed by atoms with Crippen LogP contribution in [0.3, 0.4) is 0 Å². The third-order valence-electron chi connectivity index (χ3n) is 2.07. The van der Waals surface area contributed by atoms with Crippen LogP contribution >= 0.6 is 11.8 Å². The molecule has 0 unspecified atom stereocenters. The van der Waals surface area contributed by atoms with Gasteiger partial charge in [-0.2, -0.15) is 11.8 Å². The first-order valence-electron chi connectivity index (χ1n) is 5.29. The number of thioether (sulfide) groups is 1. The largest absolute Gasteiger partial charge is 0.399 e. The number of benzene rings is 1. The molecule has 5 N–H and O–H groups in total. The molecule has 0 aliphatic heterocycles. The lowest BCUT2D eigenvalue weighted by Crippen LogP contribution is -2.13. The van der Waals surface area contributed by atoms with E-state index in [1.165, 1.54) is 12.1 Å². The lowest BCUT2D eigenvalue weighted by molar-refractivity contribution is 0.598. The molecule has 100 valence electrons. The predicted molar refractivity (Wildman–Crippen MR) is 78.2 cm³/mol. The average Bonchev–Trinajstić information content (AvgIpc) is 2.27. The van der Waals surface area contributed by atoms with Crippen molar-refractivity contribution in [2.24, 2.45) is 5.14 Å². The number of anilines is 2. The maximum absolute atomic E-state index is 11.2. The highest BCUT2D eigenvalue weighted by molar-refractivity contribution is 7.99. The molecule has 1 aromatic carbocycles. The van der Waals surface area contributed by atoms with Crippen LogP contribution in [0.1, 0.15) is 0 Å². The standard InChI is InChI=1S/C11H17N3O2S2/c1-2-4-17-5-3-14-10-6-9(12)7-11(8-10)18(13,15)16/h2,6-8,14H,1,3-5,12H2,(H2,13,15,16). The Morgan fingerprint density at radius 2 is 2.11 bits per heavy atom. The lowest BCUT2D eigenvalue weighted by Gasteiger charge is -2.08. The van der Waals surface area contributed by atoms with E-state index in [4.69, 9.17) is 10.9 Å². The molecule has 0 heterocycles. The van der Waals surface area contributed by atoms with E-state index in [1.54, 1.807) is 17.8 Å². The quantitative estimate of drug-likeness (QED) is 0.398. The van der Waals surface area contributed by atoms with E-state index in [-0.39, 0.29) is 4.90 Å². The van der Waals surface area contributed by atoms with Gasteiger partial charge in [0.15, 0.2) is 0 Å². The Morgan fingerprint density at radius 1 is 1.39 bits per heavy atom. The minimum Gasteiger partial charge on any atom is -0.399 e. The predicted octanol–water partition coefficient (Wildman–Crippen LogP) is 1.25. The molecule has 0 amide bonds. The molecule has 1 aromatic rings. The number of hydrogen-bond donors (Lipinski definition) is 3. The van der Waals surface area contributed by atoms with Crippen LogP contribution in [0.4, 0.5) is 11.4 Å². The topological polar surface area (TPSA) is 98.2 Å². The Kier molecular flexibility index (Phi) is 5.52. The number of sulfonamides is 1. The van der Waals surface area contributed by atoms with Gasteiger partial charge >= 0.3 is 0 Å². The molecule has 0 radical (unpaired) electrons. The third-order valence-corrected chi connectivity index (χ3v) is 3.93. The third kappa shape index (κ3) is 4.99. The minimum absolute atomic E-state index is 0.0174. The van der Waals surface area contributed by atoms with Crippen LogP contribution in [0, 0.1) is 0 Å². The fraction of sp³-hybridized carbons (Fsp3) is 0.273. The molecule has 0 bridgehead atoms. The van der Waals surface area contributed by atoms with E-state index < -0.39 is 10.0 Å². The molecule has 0 aliphatic carbocycles. The van der Waals surface area contributed by atoms with Gasteiger partial charge in [0, 0.05) is 29.4 Å². The second-order valence-corrected chi connectivity index (χ2v) is 6.34. The summed E-state index contributed by atoms with van der Waals surface area (Å²) in [7, 11) is -3.73. The molecule has 7 heteroatoms. The highest BCUT2D eigenvalue weighted by Crippen LogP contribution is 2.19. The van der Waals surface area contributed by atoms with E-state index in [1.807, 2.05) is 6.08 Å². The first kappa shape index (κ1) is 14.9. The number of nitrogens with one attached hydrogen (secondary N) is 1. The van der Waals surface area contributed by atoms with Crippen LogP contribution in [-0.4, -0.2) is 26.5 Å². The first-order chi connectivity index (χ1) is 8.43. The fourth-order valence-corrected chi connectivity index (χ4v) is 2.49. The highest BCUT2D eigenvalue weighted by atomic mass is 32.2. The summed E-state index contributed by atoms with van der Waals surface area (Å²) in [4.78, 5) is 0.0174. The van der Waals surface area contributed by atoms with Gasteiger partial charge in [-0.1, -0.05) is 6.08 Å². The summed E-state index contributed by atoms with van der Waals surface area (Å²) in [6, 6.07) is 4.49. The zero-order valence-corrected chi connectivity index (χ0v) is 11.6. The molecular weight excluding hydrogens is 270 g/mol. The molecule has 0 fully saturated rings. The van der Waals surface area contributed by atoms with E-state index in [0.29, 0.717) is 17.9 Å². The molecule has 0 saturated carbocycles. The summed E-state index contributed by atoms with van der Waals surface area (Å²) in [5, 5.41) is 8.16. The minimum atomic E-state index is -3.73. The maximum Gasteiger partial charge on any atom is 0.238 e. The van der Waals surface area contributed by atoms with Crippen LogP contribution in [-0.2, 0) is 10.0 Å². The molecule has 18 heavy (non-hydrogen) atoms. The molecule has 5 nitrogen and oxygen atoms in total. The number of primary sulfonamides is 1. The van der Waals surface area contributed by atoms with Crippen LogP contribution in [0.5, 0.6) is 0 Å². The summed E-state index contributed by atoms with van der Waals surface area (Å²) in [5.41, 5.74) is 6.64. The SMILES string of the molecule is C=CCSCCNc1cc(N)cc(S(N)(=O)=O)c1. The van der Waals surface area contributed by atoms with Crippen LogP contribution in [0.25, 0.3) is 0 Å². The average molecular weight is 287 g/mol. The van der Waals surface area contributed by atoms with Gasteiger partial charge < -0.3 is 11.1 Å². The van der Waals surface area contributed by atoms with Crippen molar-refractivity contribution < 1.29 is 8.42 Å². The van der Waals surface area contributed by atoms with Gasteiger partial charge in [-0.05, 0) is 18.2 Å². The molecular formula is C11H17N3O2S2. The molecule has 0 atom stereocenters. The molecule has 0 spiro atoms. The van der Waals surface area contributed by atoms with E-state index in [9.17, 15) is 8.42 Å². The molecule has 0 aliphatic rings. The van der Waals surface area contributed by atoms with Gasteiger partial charge in [0.25, 0.3) is 0 Å². The molecule has 0 aromatic heterocycles. The van der Waals surface area contributed by atoms with Crippen molar-refractivity contribution in [2.75, 3.05) is 29.1 Å². The summed E-state index contributed by atoms with van der Waals surface area (Å²) >= 11 is 1.73. The monoisotopic (exact) mass is 287 g/mol. The summed E-state index contributed by atoms with van der Waals surface area (Å²) in [5.74, 6) is 1.78. The zero-order valence-electron chi connectivity index (χ0n) is 9.93. The Bertz CT molecular complexity index is 515. The van der Waals surface area contributed by atoms with Gasteiger partial charge in [0.05, 0.1) is 4.90 Å². The van der Waals surface area contributed by atoms with E-state index in [2.05, 4.69) is 11.9 Å². The zero-order chi connectivity index (χ0) is 13.6. The van der Waals surface area contributed by atoms with Crippen molar-refractivity contribution in [1.29, 1.82) is 0 Å². The number of hydrogen-bond acceptors (Lipinski definition) is 5. The van der Waals surface area contributed by atoms with Gasteiger partial charge in [-0.15, -0.1) is 6.58 Å². The van der Waals surface area contributed by atoms with Gasteiger partial charge in [0.2, 0.25) is 10.0 Å². The first-order valence-corrected chi connectivity index (χ1v) is 7.99. The Labute approximate surface area is 112 Å². The Balaban J connectivity index is 2.66. The summed E-state index contributed by atoms with van der Waals surface area (Å²) < 4.78 is 22.5. The van der Waals surface area contributed by atoms with Gasteiger partial charge in [-0.25, -0.2) is 13.6 Å². The lowest BCUT2D eigenvalue weighted by atomic mass is 10.3. The number of nitrogens with two attached hydrogens (primary N) is 2. The van der Waals surface area contributed by atoms with Crippen molar-refractivity contribution in [3.8, 4) is 0 Å². The van der Waals surface area contributed by atoms with Crippen molar-refractivity contribution in [3.05, 3.63) is 30.9 Å². The van der Waals surface area contributed by atoms with E-state index >= 15 is 0 Å². The number of nitrogen functional groups attached to an aromatic ring is 1. The molecule has 1 rings (SSSR count). The maximum atomic E-state index is 11.2. The summed E-state index contributed by atoms with van der Waals surface area (Å²) in [6.45, 7) is 4.34. The second-order valence-electron chi connectivity index (χ2n) is 3.63. The van der Waals surface area contributed by atoms with Crippen molar-refractivity contribution in [1.82, 2.24) is 0 Å². The van der Waals surface area contributed by atoms with Crippen molar-refractivity contribution >= 4 is 33.2 Å². The van der Waals surface area contributed by atoms with E-state index in [0.717, 1.165) is 11.5 Å². The second kappa shape index (κ2) is 6.67. The van der Waals surface area contributed by atoms with Crippen molar-refractivity contribution in [2.45, 2.75) is 4.90 Å². The Morgan fingerprint density at radius 3 is 2.72 bits per heavy atom. The summed E-state index contributed by atoms with van der Waals surface area (Å²) in [6.07, 6.45) is 1.84. The fourth-order valence-electron chi connectivity index (χ4n) is 1.32.